The van der Waals surface area contributed by atoms with Crippen LogP contribution in [0.25, 0.3) is 10.8 Å². The molecule has 4 rings (SSSR count). The Balaban J connectivity index is 1.47. The maximum atomic E-state index is 11.9. The monoisotopic (exact) mass is 345 g/mol. The summed E-state index contributed by atoms with van der Waals surface area (Å²) in [7, 11) is 0. The molecule has 128 valence electrons. The summed E-state index contributed by atoms with van der Waals surface area (Å²) in [4.78, 5) is 21.2. The maximum absolute atomic E-state index is 11.9. The molecule has 0 unspecified atom stereocenters. The van der Waals surface area contributed by atoms with Crippen LogP contribution in [0.5, 0.6) is 0 Å². The highest BCUT2D eigenvalue weighted by Crippen LogP contribution is 2.32. The van der Waals surface area contributed by atoms with Gasteiger partial charge in [0.25, 0.3) is 0 Å². The Kier molecular flexibility index (Phi) is 4.41. The van der Waals surface area contributed by atoms with E-state index in [2.05, 4.69) is 15.2 Å². The summed E-state index contributed by atoms with van der Waals surface area (Å²) in [5.41, 5.74) is 1.10. The zero-order valence-electron chi connectivity index (χ0n) is 14.0. The van der Waals surface area contributed by atoms with Gasteiger partial charge in [-0.2, -0.15) is 0 Å². The number of rotatable bonds is 4. The lowest BCUT2D eigenvalue weighted by atomic mass is 10.0. The van der Waals surface area contributed by atoms with E-state index < -0.39 is 0 Å². The van der Waals surface area contributed by atoms with Crippen LogP contribution in [0.4, 0.5) is 0 Å². The van der Waals surface area contributed by atoms with Crippen LogP contribution in [-0.2, 0) is 11.3 Å². The first-order chi connectivity index (χ1) is 11.7. The van der Waals surface area contributed by atoms with E-state index in [9.17, 15) is 4.79 Å². The molecule has 6 heteroatoms. The minimum absolute atomic E-state index is 0.220. The number of likely N-dealkylation sites (tertiary alicyclic amines) is 2. The molecule has 1 amide bonds. The summed E-state index contributed by atoms with van der Waals surface area (Å²) in [5, 5.41) is 3.07. The van der Waals surface area contributed by atoms with Gasteiger partial charge in [0.05, 0.1) is 12.0 Å². The van der Waals surface area contributed by atoms with Crippen molar-refractivity contribution >= 4 is 17.2 Å². The Labute approximate surface area is 146 Å². The van der Waals surface area contributed by atoms with Crippen LogP contribution in [0.3, 0.4) is 0 Å². The van der Waals surface area contributed by atoms with Crippen LogP contribution in [0.1, 0.15) is 38.3 Å². The standard InChI is InChI=1S/C18H23N3O2S/c1-13(22)21-9-3-6-16(21)15-5-2-8-20(15)11-14-12-24-18(19-14)17-7-4-10-23-17/h4,7,10,12,15-16H,2-3,5-6,8-9,11H2,1H3/t15-,16+/m0/s1. The average molecular weight is 345 g/mol. The van der Waals surface area contributed by atoms with E-state index in [1.807, 2.05) is 12.1 Å². The smallest absolute Gasteiger partial charge is 0.219 e. The van der Waals surface area contributed by atoms with Crippen molar-refractivity contribution in [1.29, 1.82) is 0 Å². The van der Waals surface area contributed by atoms with Crippen molar-refractivity contribution in [3.63, 3.8) is 0 Å². The lowest BCUT2D eigenvalue weighted by molar-refractivity contribution is -0.130. The largest absolute Gasteiger partial charge is 0.462 e. The Morgan fingerprint density at radius 1 is 1.33 bits per heavy atom. The number of nitrogens with zero attached hydrogens (tertiary/aromatic N) is 3. The first kappa shape index (κ1) is 15.8. The van der Waals surface area contributed by atoms with Gasteiger partial charge in [0, 0.05) is 37.5 Å². The number of hydrogen-bond acceptors (Lipinski definition) is 5. The fourth-order valence-corrected chi connectivity index (χ4v) is 4.95. The van der Waals surface area contributed by atoms with Gasteiger partial charge < -0.3 is 9.32 Å². The molecule has 2 saturated heterocycles. The van der Waals surface area contributed by atoms with Crippen molar-refractivity contribution in [2.75, 3.05) is 13.1 Å². The van der Waals surface area contributed by atoms with Crippen molar-refractivity contribution in [3.8, 4) is 10.8 Å². The fraction of sp³-hybridized carbons (Fsp3) is 0.556. The molecular formula is C18H23N3O2S. The highest BCUT2D eigenvalue weighted by Gasteiger charge is 2.38. The second kappa shape index (κ2) is 6.69. The fourth-order valence-electron chi connectivity index (χ4n) is 4.17. The summed E-state index contributed by atoms with van der Waals surface area (Å²) in [6, 6.07) is 4.70. The van der Waals surface area contributed by atoms with Crippen molar-refractivity contribution in [3.05, 3.63) is 29.5 Å². The highest BCUT2D eigenvalue weighted by atomic mass is 32.1. The lowest BCUT2D eigenvalue weighted by Gasteiger charge is -2.34. The third kappa shape index (κ3) is 3.00. The third-order valence-electron chi connectivity index (χ3n) is 5.21. The number of furan rings is 1. The minimum Gasteiger partial charge on any atom is -0.462 e. The van der Waals surface area contributed by atoms with Gasteiger partial charge >= 0.3 is 0 Å². The van der Waals surface area contributed by atoms with E-state index in [1.54, 1.807) is 24.5 Å². The van der Waals surface area contributed by atoms with E-state index in [4.69, 9.17) is 9.40 Å². The molecule has 0 spiro atoms. The Bertz CT molecular complexity index is 697. The van der Waals surface area contributed by atoms with Gasteiger partial charge in [-0.25, -0.2) is 4.98 Å². The molecule has 24 heavy (non-hydrogen) atoms. The van der Waals surface area contributed by atoms with Crippen LogP contribution in [0, 0.1) is 0 Å². The van der Waals surface area contributed by atoms with Crippen molar-refractivity contribution in [2.45, 2.75) is 51.2 Å². The predicted molar refractivity (Wildman–Crippen MR) is 93.7 cm³/mol. The molecule has 4 heterocycles. The Morgan fingerprint density at radius 2 is 2.17 bits per heavy atom. The predicted octanol–water partition coefficient (Wildman–Crippen LogP) is 3.38. The number of amides is 1. The summed E-state index contributed by atoms with van der Waals surface area (Å²) in [6.45, 7) is 4.59. The van der Waals surface area contributed by atoms with Gasteiger partial charge in [0.1, 0.15) is 0 Å². The summed E-state index contributed by atoms with van der Waals surface area (Å²) in [5.74, 6) is 1.06. The number of hydrogen-bond donors (Lipinski definition) is 0. The van der Waals surface area contributed by atoms with Crippen LogP contribution < -0.4 is 0 Å². The van der Waals surface area contributed by atoms with Gasteiger partial charge in [-0.05, 0) is 44.4 Å². The normalized spacial score (nSPS) is 24.8. The van der Waals surface area contributed by atoms with E-state index in [1.165, 1.54) is 12.8 Å². The molecule has 2 aromatic heterocycles. The average Bonchev–Trinajstić information content (AvgIpc) is 3.35. The third-order valence-corrected chi connectivity index (χ3v) is 6.12. The van der Waals surface area contributed by atoms with Gasteiger partial charge in [0.2, 0.25) is 5.91 Å². The number of carbonyl (C=O) groups is 1. The second-order valence-corrected chi connectivity index (χ2v) is 7.58. The van der Waals surface area contributed by atoms with E-state index in [0.717, 1.165) is 48.9 Å². The molecule has 0 N–H and O–H groups in total. The van der Waals surface area contributed by atoms with Crippen LogP contribution in [-0.4, -0.2) is 45.9 Å². The summed E-state index contributed by atoms with van der Waals surface area (Å²) in [6.07, 6.45) is 6.35. The molecule has 0 bridgehead atoms. The topological polar surface area (TPSA) is 49.6 Å². The van der Waals surface area contributed by atoms with Crippen molar-refractivity contribution < 1.29 is 9.21 Å². The molecule has 2 atom stereocenters. The molecule has 0 saturated carbocycles. The van der Waals surface area contributed by atoms with Gasteiger partial charge in [-0.1, -0.05) is 0 Å². The zero-order chi connectivity index (χ0) is 16.5. The first-order valence-corrected chi connectivity index (χ1v) is 9.60. The number of carbonyl (C=O) groups excluding carboxylic acids is 1. The molecule has 5 nitrogen and oxygen atoms in total. The van der Waals surface area contributed by atoms with Gasteiger partial charge in [-0.15, -0.1) is 11.3 Å². The second-order valence-electron chi connectivity index (χ2n) is 6.72. The minimum atomic E-state index is 0.220. The summed E-state index contributed by atoms with van der Waals surface area (Å²) >= 11 is 1.63. The molecule has 0 aromatic carbocycles. The Hall–Kier alpha value is -1.66. The molecule has 2 aliphatic heterocycles. The van der Waals surface area contributed by atoms with Crippen molar-refractivity contribution in [2.24, 2.45) is 0 Å². The molecular weight excluding hydrogens is 322 g/mol. The summed E-state index contributed by atoms with van der Waals surface area (Å²) < 4.78 is 5.44. The van der Waals surface area contributed by atoms with Crippen molar-refractivity contribution in [1.82, 2.24) is 14.8 Å². The first-order valence-electron chi connectivity index (χ1n) is 8.72. The molecule has 0 radical (unpaired) electrons. The number of thiazole rings is 1. The van der Waals surface area contributed by atoms with Gasteiger partial charge in [-0.3, -0.25) is 9.69 Å². The Morgan fingerprint density at radius 3 is 2.96 bits per heavy atom. The van der Waals surface area contributed by atoms with E-state index >= 15 is 0 Å². The molecule has 0 aliphatic carbocycles. The van der Waals surface area contributed by atoms with Crippen LogP contribution in [0.15, 0.2) is 28.2 Å². The SMILES string of the molecule is CC(=O)N1CCC[C@@H]1[C@@H]1CCCN1Cc1csc(-c2ccco2)n1. The quantitative estimate of drug-likeness (QED) is 0.852. The van der Waals surface area contributed by atoms with E-state index in [-0.39, 0.29) is 5.91 Å². The van der Waals surface area contributed by atoms with Gasteiger partial charge in [0.15, 0.2) is 10.8 Å². The molecule has 2 aliphatic rings. The highest BCUT2D eigenvalue weighted by molar-refractivity contribution is 7.13. The maximum Gasteiger partial charge on any atom is 0.219 e. The molecule has 2 fully saturated rings. The zero-order valence-corrected chi connectivity index (χ0v) is 14.8. The molecule has 2 aromatic rings. The van der Waals surface area contributed by atoms with E-state index in [0.29, 0.717) is 12.1 Å². The van der Waals surface area contributed by atoms with Crippen LogP contribution in [0.2, 0.25) is 0 Å². The number of aromatic nitrogens is 1. The van der Waals surface area contributed by atoms with Crippen LogP contribution >= 0.6 is 11.3 Å². The lowest BCUT2D eigenvalue weighted by Crippen LogP contribution is -2.47.